The summed E-state index contributed by atoms with van der Waals surface area (Å²) in [6.45, 7) is 2.20. The number of carboxylic acids is 1. The lowest BCUT2D eigenvalue weighted by atomic mass is 10.1. The summed E-state index contributed by atoms with van der Waals surface area (Å²) in [6, 6.07) is 0. The van der Waals surface area contributed by atoms with Crippen LogP contribution in [0.25, 0.3) is 0 Å². The summed E-state index contributed by atoms with van der Waals surface area (Å²) in [6.07, 6.45) is 18.3. The Morgan fingerprint density at radius 1 is 1.05 bits per heavy atom. The molecule has 0 spiro atoms. The quantitative estimate of drug-likeness (QED) is 0.185. The highest BCUT2D eigenvalue weighted by molar-refractivity contribution is 5.66. The molecule has 0 fully saturated rings. The van der Waals surface area contributed by atoms with Crippen LogP contribution in [-0.2, 0) is 9.68 Å². The zero-order chi connectivity index (χ0) is 16.5. The van der Waals surface area contributed by atoms with Gasteiger partial charge < -0.3 is 5.11 Å². The van der Waals surface area contributed by atoms with E-state index in [9.17, 15) is 4.79 Å². The van der Waals surface area contributed by atoms with E-state index in [1.807, 2.05) is 12.2 Å². The van der Waals surface area contributed by atoms with Gasteiger partial charge in [0.15, 0.2) is 0 Å². The normalized spacial score (nSPS) is 13.2. The number of allylic oxidation sites excluding steroid dienone is 3. The van der Waals surface area contributed by atoms with Crippen LogP contribution in [0.2, 0.25) is 0 Å². The third-order valence-electron chi connectivity index (χ3n) is 3.53. The Bertz CT molecular complexity index is 310. The van der Waals surface area contributed by atoms with Crippen molar-refractivity contribution >= 4 is 5.97 Å². The molecule has 0 aliphatic carbocycles. The fourth-order valence-corrected chi connectivity index (χ4v) is 2.19. The molecule has 0 aromatic heterocycles. The van der Waals surface area contributed by atoms with Gasteiger partial charge in [-0.1, -0.05) is 63.3 Å². The predicted octanol–water partition coefficient (Wildman–Crippen LogP) is 5.35. The molecule has 22 heavy (non-hydrogen) atoms. The van der Waals surface area contributed by atoms with Gasteiger partial charge in [0.2, 0.25) is 0 Å². The van der Waals surface area contributed by atoms with Gasteiger partial charge in [-0.3, -0.25) is 10.1 Å². The number of unbranched alkanes of at least 4 members (excludes halogenated alkanes) is 6. The lowest BCUT2D eigenvalue weighted by Crippen LogP contribution is -2.06. The maximum Gasteiger partial charge on any atom is 0.303 e. The van der Waals surface area contributed by atoms with Crippen molar-refractivity contribution in [2.45, 2.75) is 83.7 Å². The molecular formula is C18H32O4. The molecule has 0 aromatic rings. The van der Waals surface area contributed by atoms with Gasteiger partial charge in [0.25, 0.3) is 0 Å². The van der Waals surface area contributed by atoms with Crippen LogP contribution in [0.4, 0.5) is 0 Å². The first-order chi connectivity index (χ1) is 10.7. The lowest BCUT2D eigenvalue weighted by molar-refractivity contribution is -0.267. The molecular weight excluding hydrogens is 280 g/mol. The summed E-state index contributed by atoms with van der Waals surface area (Å²) < 4.78 is 0. The number of hydrogen-bond acceptors (Lipinski definition) is 3. The van der Waals surface area contributed by atoms with Crippen molar-refractivity contribution in [3.05, 3.63) is 24.3 Å². The number of aliphatic carboxylic acids is 1. The molecule has 0 aliphatic heterocycles. The van der Waals surface area contributed by atoms with Gasteiger partial charge in [0.1, 0.15) is 6.10 Å². The van der Waals surface area contributed by atoms with Crippen LogP contribution in [0, 0.1) is 0 Å². The first-order valence-electron chi connectivity index (χ1n) is 8.54. The van der Waals surface area contributed by atoms with Gasteiger partial charge in [0.05, 0.1) is 0 Å². The summed E-state index contributed by atoms with van der Waals surface area (Å²) in [5, 5.41) is 17.4. The van der Waals surface area contributed by atoms with Crippen LogP contribution in [0.5, 0.6) is 0 Å². The van der Waals surface area contributed by atoms with E-state index in [-0.39, 0.29) is 12.5 Å². The molecule has 2 N–H and O–H groups in total. The van der Waals surface area contributed by atoms with E-state index in [2.05, 4.69) is 24.0 Å². The summed E-state index contributed by atoms with van der Waals surface area (Å²) in [5.41, 5.74) is 0. The SMILES string of the molecule is CCCCC/C=C/C/C=C/C(CCCCCCC(=O)O)OO. The molecule has 0 saturated heterocycles. The van der Waals surface area contributed by atoms with Gasteiger partial charge in [0, 0.05) is 6.42 Å². The molecule has 0 radical (unpaired) electrons. The third-order valence-corrected chi connectivity index (χ3v) is 3.53. The number of carbonyl (C=O) groups is 1. The first-order valence-corrected chi connectivity index (χ1v) is 8.54. The molecule has 0 bridgehead atoms. The minimum atomic E-state index is -0.734. The molecule has 1 unspecified atom stereocenters. The third kappa shape index (κ3) is 15.3. The number of rotatable bonds is 15. The van der Waals surface area contributed by atoms with E-state index in [1.54, 1.807) is 0 Å². The molecule has 1 atom stereocenters. The second-order valence-electron chi connectivity index (χ2n) is 5.62. The van der Waals surface area contributed by atoms with Crippen LogP contribution < -0.4 is 0 Å². The lowest BCUT2D eigenvalue weighted by Gasteiger charge is -2.08. The molecule has 4 nitrogen and oxygen atoms in total. The maximum atomic E-state index is 10.4. The van der Waals surface area contributed by atoms with E-state index in [0.717, 1.165) is 44.9 Å². The zero-order valence-corrected chi connectivity index (χ0v) is 13.9. The highest BCUT2D eigenvalue weighted by Gasteiger charge is 2.04. The molecule has 128 valence electrons. The highest BCUT2D eigenvalue weighted by Crippen LogP contribution is 2.10. The van der Waals surface area contributed by atoms with Crippen LogP contribution in [0.3, 0.4) is 0 Å². The van der Waals surface area contributed by atoms with Gasteiger partial charge in [-0.15, -0.1) is 0 Å². The van der Waals surface area contributed by atoms with Gasteiger partial charge in [-0.25, -0.2) is 4.89 Å². The molecule has 4 heteroatoms. The van der Waals surface area contributed by atoms with Crippen molar-refractivity contribution < 1.29 is 20.0 Å². The molecule has 0 amide bonds. The van der Waals surface area contributed by atoms with Crippen molar-refractivity contribution in [1.29, 1.82) is 0 Å². The average molecular weight is 312 g/mol. The maximum absolute atomic E-state index is 10.4. The van der Waals surface area contributed by atoms with Crippen molar-refractivity contribution in [1.82, 2.24) is 0 Å². The van der Waals surface area contributed by atoms with Crippen LogP contribution in [0.1, 0.15) is 77.6 Å². The van der Waals surface area contributed by atoms with Gasteiger partial charge >= 0.3 is 5.97 Å². The Labute approximate surface area is 134 Å². The second-order valence-corrected chi connectivity index (χ2v) is 5.62. The standard InChI is InChI=1S/C18H32O4/c1-2-3-4-5-6-7-8-11-14-17(22-21)15-12-9-10-13-16-18(19)20/h6-7,11,14,17,21H,2-5,8-10,12-13,15-16H2,1H3,(H,19,20)/b7-6+,14-11+. The van der Waals surface area contributed by atoms with Crippen LogP contribution in [0.15, 0.2) is 24.3 Å². The Kier molecular flexibility index (Phi) is 15.4. The largest absolute Gasteiger partial charge is 0.481 e. The summed E-state index contributed by atoms with van der Waals surface area (Å²) in [7, 11) is 0. The molecule has 0 aromatic carbocycles. The van der Waals surface area contributed by atoms with E-state index in [1.165, 1.54) is 19.3 Å². The Balaban J connectivity index is 3.60. The van der Waals surface area contributed by atoms with Crippen molar-refractivity contribution in [2.24, 2.45) is 0 Å². The zero-order valence-electron chi connectivity index (χ0n) is 13.9. The fraction of sp³-hybridized carbons (Fsp3) is 0.722. The van der Waals surface area contributed by atoms with Crippen molar-refractivity contribution in [3.63, 3.8) is 0 Å². The highest BCUT2D eigenvalue weighted by atomic mass is 17.1. The van der Waals surface area contributed by atoms with E-state index in [4.69, 9.17) is 10.4 Å². The Hall–Kier alpha value is -1.13. The van der Waals surface area contributed by atoms with E-state index >= 15 is 0 Å². The van der Waals surface area contributed by atoms with Crippen molar-refractivity contribution in [3.8, 4) is 0 Å². The number of carboxylic acid groups (broad SMARTS) is 1. The summed E-state index contributed by atoms with van der Waals surface area (Å²) in [4.78, 5) is 14.8. The molecule has 0 rings (SSSR count). The van der Waals surface area contributed by atoms with E-state index < -0.39 is 5.97 Å². The minimum Gasteiger partial charge on any atom is -0.481 e. The fourth-order valence-electron chi connectivity index (χ4n) is 2.19. The topological polar surface area (TPSA) is 66.8 Å². The Morgan fingerprint density at radius 3 is 2.50 bits per heavy atom. The molecule has 0 heterocycles. The van der Waals surface area contributed by atoms with E-state index in [0.29, 0.717) is 0 Å². The summed E-state index contributed by atoms with van der Waals surface area (Å²) in [5.74, 6) is -0.734. The van der Waals surface area contributed by atoms with Crippen molar-refractivity contribution in [2.75, 3.05) is 0 Å². The minimum absolute atomic E-state index is 0.240. The molecule has 0 aliphatic rings. The van der Waals surface area contributed by atoms with Gasteiger partial charge in [-0.2, -0.15) is 0 Å². The Morgan fingerprint density at radius 2 is 1.82 bits per heavy atom. The average Bonchev–Trinajstić information content (AvgIpc) is 2.50. The van der Waals surface area contributed by atoms with Crippen LogP contribution in [-0.4, -0.2) is 22.4 Å². The smallest absolute Gasteiger partial charge is 0.303 e. The predicted molar refractivity (Wildman–Crippen MR) is 89.9 cm³/mol. The second kappa shape index (κ2) is 16.2. The first kappa shape index (κ1) is 20.9. The summed E-state index contributed by atoms with van der Waals surface area (Å²) >= 11 is 0. The van der Waals surface area contributed by atoms with Crippen LogP contribution >= 0.6 is 0 Å². The molecule has 0 saturated carbocycles. The monoisotopic (exact) mass is 312 g/mol. The number of hydrogen-bond donors (Lipinski definition) is 2. The van der Waals surface area contributed by atoms with Gasteiger partial charge in [-0.05, 0) is 32.1 Å².